The van der Waals surface area contributed by atoms with E-state index >= 15 is 0 Å². The molecule has 0 radical (unpaired) electrons. The predicted octanol–water partition coefficient (Wildman–Crippen LogP) is 0.0707. The molecule has 0 aromatic rings. The van der Waals surface area contributed by atoms with Gasteiger partial charge in [0.1, 0.15) is 6.54 Å². The molecule has 8 heteroatoms. The Balaban J connectivity index is 4.61. The van der Waals surface area contributed by atoms with E-state index in [1.54, 1.807) is 6.92 Å². The number of urea groups is 1. The van der Waals surface area contributed by atoms with Crippen LogP contribution in [0.25, 0.3) is 0 Å². The van der Waals surface area contributed by atoms with E-state index in [-0.39, 0.29) is 19.8 Å². The Bertz CT molecular complexity index is 334. The largest absolute Gasteiger partial charge is 0.480 e. The van der Waals surface area contributed by atoms with Gasteiger partial charge in [0.25, 0.3) is 0 Å². The topological polar surface area (TPSA) is 105 Å². The molecule has 0 bridgehead atoms. The van der Waals surface area contributed by atoms with Gasteiger partial charge in [0.15, 0.2) is 6.04 Å². The molecule has 116 valence electrons. The van der Waals surface area contributed by atoms with Crippen LogP contribution < -0.4 is 5.32 Å². The number of nitrogens with one attached hydrogen (secondary N) is 1. The number of carbonyl (C=O) groups excluding carboxylic acids is 2. The second-order valence-electron chi connectivity index (χ2n) is 4.02. The van der Waals surface area contributed by atoms with E-state index in [4.69, 9.17) is 14.6 Å². The molecule has 0 aliphatic carbocycles. The van der Waals surface area contributed by atoms with Gasteiger partial charge in [-0.1, -0.05) is 6.92 Å². The van der Waals surface area contributed by atoms with E-state index in [0.29, 0.717) is 13.0 Å². The highest BCUT2D eigenvalue weighted by Gasteiger charge is 2.24. The monoisotopic (exact) mass is 290 g/mol. The van der Waals surface area contributed by atoms with E-state index in [9.17, 15) is 14.4 Å². The zero-order valence-corrected chi connectivity index (χ0v) is 12.0. The zero-order chi connectivity index (χ0) is 15.5. The minimum absolute atomic E-state index is 0.152. The van der Waals surface area contributed by atoms with Crippen molar-refractivity contribution in [3.63, 3.8) is 0 Å². The number of carboxylic acids is 1. The lowest BCUT2D eigenvalue weighted by molar-refractivity contribution is -0.143. The molecule has 2 N–H and O–H groups in total. The number of carboxylic acid groups (broad SMARTS) is 1. The lowest BCUT2D eigenvalue weighted by Crippen LogP contribution is -2.51. The maximum Gasteiger partial charge on any atom is 0.328 e. The Morgan fingerprint density at radius 3 is 2.40 bits per heavy atom. The van der Waals surface area contributed by atoms with Crippen molar-refractivity contribution in [3.05, 3.63) is 0 Å². The van der Waals surface area contributed by atoms with Crippen LogP contribution in [-0.2, 0) is 19.1 Å². The first-order valence-electron chi connectivity index (χ1n) is 6.39. The van der Waals surface area contributed by atoms with Crippen LogP contribution in [0, 0.1) is 0 Å². The number of methoxy groups -OCH3 is 1. The Morgan fingerprint density at radius 2 is 1.95 bits per heavy atom. The van der Waals surface area contributed by atoms with Gasteiger partial charge in [-0.25, -0.2) is 9.59 Å². The molecule has 0 rings (SSSR count). The van der Waals surface area contributed by atoms with Crippen molar-refractivity contribution in [2.45, 2.75) is 26.3 Å². The van der Waals surface area contributed by atoms with Crippen LogP contribution in [0.2, 0.25) is 0 Å². The van der Waals surface area contributed by atoms with Crippen molar-refractivity contribution in [2.75, 3.05) is 33.4 Å². The van der Waals surface area contributed by atoms with Gasteiger partial charge in [0.05, 0.1) is 13.2 Å². The highest BCUT2D eigenvalue weighted by molar-refractivity contribution is 5.85. The molecule has 0 spiro atoms. The summed E-state index contributed by atoms with van der Waals surface area (Å²) in [6.45, 7) is 3.69. The summed E-state index contributed by atoms with van der Waals surface area (Å²) < 4.78 is 9.49. The number of hydrogen-bond acceptors (Lipinski definition) is 5. The summed E-state index contributed by atoms with van der Waals surface area (Å²) in [4.78, 5) is 35.5. The van der Waals surface area contributed by atoms with Gasteiger partial charge in [-0.3, -0.25) is 4.79 Å². The molecule has 0 saturated heterocycles. The normalized spacial score (nSPS) is 11.6. The number of ether oxygens (including phenoxy) is 2. The van der Waals surface area contributed by atoms with Crippen LogP contribution in [0.1, 0.15) is 20.3 Å². The van der Waals surface area contributed by atoms with Crippen LogP contribution >= 0.6 is 0 Å². The van der Waals surface area contributed by atoms with Gasteiger partial charge in [-0.15, -0.1) is 0 Å². The highest BCUT2D eigenvalue weighted by Crippen LogP contribution is 1.97. The molecule has 0 heterocycles. The number of aliphatic carboxylic acids is 1. The first-order chi connectivity index (χ1) is 9.46. The summed E-state index contributed by atoms with van der Waals surface area (Å²) in [5.41, 5.74) is 0. The molecule has 0 aromatic heterocycles. The number of nitrogens with zero attached hydrogens (tertiary/aromatic N) is 1. The van der Waals surface area contributed by atoms with Crippen LogP contribution in [0.5, 0.6) is 0 Å². The molecule has 0 saturated carbocycles. The fourth-order valence-corrected chi connectivity index (χ4v) is 1.47. The van der Waals surface area contributed by atoms with Crippen molar-refractivity contribution in [1.82, 2.24) is 10.2 Å². The summed E-state index contributed by atoms with van der Waals surface area (Å²) in [6.07, 6.45) is 0.634. The molecule has 20 heavy (non-hydrogen) atoms. The van der Waals surface area contributed by atoms with Crippen LogP contribution in [0.15, 0.2) is 0 Å². The number of esters is 1. The Kier molecular flexibility index (Phi) is 9.10. The molecular weight excluding hydrogens is 268 g/mol. The molecule has 0 aliphatic rings. The fourth-order valence-electron chi connectivity index (χ4n) is 1.47. The molecule has 2 amide bonds. The predicted molar refractivity (Wildman–Crippen MR) is 70.3 cm³/mol. The third-order valence-corrected chi connectivity index (χ3v) is 2.34. The zero-order valence-electron chi connectivity index (χ0n) is 12.0. The maximum absolute atomic E-state index is 12.0. The second-order valence-corrected chi connectivity index (χ2v) is 4.02. The first kappa shape index (κ1) is 18.2. The summed E-state index contributed by atoms with van der Waals surface area (Å²) >= 11 is 0. The van der Waals surface area contributed by atoms with Crippen LogP contribution in [0.4, 0.5) is 4.79 Å². The van der Waals surface area contributed by atoms with Crippen molar-refractivity contribution >= 4 is 18.0 Å². The smallest absolute Gasteiger partial charge is 0.328 e. The number of amides is 2. The summed E-state index contributed by atoms with van der Waals surface area (Å²) in [5, 5.41) is 11.2. The van der Waals surface area contributed by atoms with E-state index < -0.39 is 24.0 Å². The third kappa shape index (κ3) is 6.93. The molecule has 8 nitrogen and oxygen atoms in total. The van der Waals surface area contributed by atoms with Crippen molar-refractivity contribution in [2.24, 2.45) is 0 Å². The quantitative estimate of drug-likeness (QED) is 0.582. The van der Waals surface area contributed by atoms with Gasteiger partial charge in [0.2, 0.25) is 0 Å². The fraction of sp³-hybridized carbons (Fsp3) is 0.750. The Labute approximate surface area is 118 Å². The van der Waals surface area contributed by atoms with Gasteiger partial charge in [-0.05, 0) is 13.3 Å². The van der Waals surface area contributed by atoms with Crippen molar-refractivity contribution in [1.29, 1.82) is 0 Å². The average molecular weight is 290 g/mol. The number of carbonyl (C=O) groups is 3. The lowest BCUT2D eigenvalue weighted by Gasteiger charge is -2.23. The van der Waals surface area contributed by atoms with Crippen LogP contribution in [0.3, 0.4) is 0 Å². The highest BCUT2D eigenvalue weighted by atomic mass is 16.5. The van der Waals surface area contributed by atoms with Crippen LogP contribution in [-0.4, -0.2) is 67.4 Å². The van der Waals surface area contributed by atoms with Gasteiger partial charge < -0.3 is 24.8 Å². The Hall–Kier alpha value is -1.83. The molecule has 0 fully saturated rings. The Morgan fingerprint density at radius 1 is 1.30 bits per heavy atom. The first-order valence-corrected chi connectivity index (χ1v) is 6.39. The number of hydrogen-bond donors (Lipinski definition) is 2. The van der Waals surface area contributed by atoms with Gasteiger partial charge in [0, 0.05) is 13.7 Å². The maximum atomic E-state index is 12.0. The van der Waals surface area contributed by atoms with E-state index in [0.717, 1.165) is 0 Å². The van der Waals surface area contributed by atoms with Gasteiger partial charge in [-0.2, -0.15) is 0 Å². The van der Waals surface area contributed by atoms with E-state index in [1.165, 1.54) is 12.0 Å². The third-order valence-electron chi connectivity index (χ3n) is 2.34. The minimum atomic E-state index is -1.20. The molecule has 1 atom stereocenters. The standard InChI is InChI=1S/C12H22N2O6/c1-4-6-14(7-10(15)20-5-2)12(18)13-9(8-19-3)11(16)17/h9H,4-8H2,1-3H3,(H,13,18)(H,16,17). The second kappa shape index (κ2) is 10.0. The molecule has 1 unspecified atom stereocenters. The molecular formula is C12H22N2O6. The molecule has 0 aromatic carbocycles. The van der Waals surface area contributed by atoms with Gasteiger partial charge >= 0.3 is 18.0 Å². The molecule has 0 aliphatic heterocycles. The summed E-state index contributed by atoms with van der Waals surface area (Å²) in [6, 6.07) is -1.79. The average Bonchev–Trinajstić information content (AvgIpc) is 2.37. The minimum Gasteiger partial charge on any atom is -0.480 e. The van der Waals surface area contributed by atoms with Crippen molar-refractivity contribution < 1.29 is 29.0 Å². The van der Waals surface area contributed by atoms with E-state index in [1.807, 2.05) is 6.92 Å². The lowest BCUT2D eigenvalue weighted by atomic mass is 10.3. The number of rotatable bonds is 9. The van der Waals surface area contributed by atoms with E-state index in [2.05, 4.69) is 5.32 Å². The van der Waals surface area contributed by atoms with Crippen molar-refractivity contribution in [3.8, 4) is 0 Å². The summed E-state index contributed by atoms with van der Waals surface area (Å²) in [5.74, 6) is -1.73. The SMILES string of the molecule is CCCN(CC(=O)OCC)C(=O)NC(COC)C(=O)O. The summed E-state index contributed by atoms with van der Waals surface area (Å²) in [7, 11) is 1.34.